The van der Waals surface area contributed by atoms with Gasteiger partial charge in [-0.25, -0.2) is 0 Å². The Kier molecular flexibility index (Phi) is 8.66. The van der Waals surface area contributed by atoms with Gasteiger partial charge in [-0.2, -0.15) is 0 Å². The molecule has 0 aliphatic carbocycles. The van der Waals surface area contributed by atoms with Crippen LogP contribution in [0.15, 0.2) is 102 Å². The SMILES string of the molecule is CC(=O)c1ccc(NC(=O)C(Sc2ccc(NC(=O)c3ccc(Cl)cc3Cl)cc2)c2ccccc2)cc1. The predicted octanol–water partition coefficient (Wildman–Crippen LogP) is 7.92. The lowest BCUT2D eigenvalue weighted by Gasteiger charge is -2.17. The fourth-order valence-corrected chi connectivity index (χ4v) is 5.04. The first kappa shape index (κ1) is 26.5. The maximum Gasteiger partial charge on any atom is 0.257 e. The Balaban J connectivity index is 1.48. The molecule has 0 radical (unpaired) electrons. The van der Waals surface area contributed by atoms with Crippen molar-refractivity contribution in [2.24, 2.45) is 0 Å². The molecule has 8 heteroatoms. The van der Waals surface area contributed by atoms with Crippen molar-refractivity contribution in [1.29, 1.82) is 0 Å². The van der Waals surface area contributed by atoms with Gasteiger partial charge in [0.2, 0.25) is 5.91 Å². The van der Waals surface area contributed by atoms with Crippen LogP contribution in [0, 0.1) is 0 Å². The number of anilines is 2. The number of carbonyl (C=O) groups excluding carboxylic acids is 3. The van der Waals surface area contributed by atoms with Crippen LogP contribution in [0.2, 0.25) is 10.0 Å². The van der Waals surface area contributed by atoms with Crippen LogP contribution in [0.4, 0.5) is 11.4 Å². The smallest absolute Gasteiger partial charge is 0.257 e. The third-order valence-corrected chi connectivity index (χ3v) is 7.26. The third kappa shape index (κ3) is 7.01. The van der Waals surface area contributed by atoms with Gasteiger partial charge in [-0.3, -0.25) is 14.4 Å². The molecule has 0 saturated carbocycles. The number of amides is 2. The van der Waals surface area contributed by atoms with Crippen LogP contribution in [0.5, 0.6) is 0 Å². The average Bonchev–Trinajstić information content (AvgIpc) is 2.89. The van der Waals surface area contributed by atoms with E-state index in [9.17, 15) is 14.4 Å². The first-order valence-electron chi connectivity index (χ1n) is 11.3. The van der Waals surface area contributed by atoms with Gasteiger partial charge in [-0.05, 0) is 79.2 Å². The molecular weight excluding hydrogens is 527 g/mol. The third-order valence-electron chi connectivity index (χ3n) is 5.44. The molecule has 4 aromatic rings. The standard InChI is InChI=1S/C29H22Cl2N2O3S/c1-18(34)19-7-10-22(11-8-19)33-29(36)27(20-5-3-2-4-6-20)37-24-14-12-23(13-15-24)32-28(35)25-16-9-21(30)17-26(25)31/h2-17,27H,1H3,(H,32,35)(H,33,36). The second-order valence-electron chi connectivity index (χ2n) is 8.13. The molecule has 0 bridgehead atoms. The number of carbonyl (C=O) groups is 3. The molecule has 0 heterocycles. The zero-order chi connectivity index (χ0) is 26.4. The minimum Gasteiger partial charge on any atom is -0.325 e. The molecule has 0 aliphatic rings. The van der Waals surface area contributed by atoms with Crippen LogP contribution >= 0.6 is 35.0 Å². The van der Waals surface area contributed by atoms with E-state index in [1.54, 1.807) is 48.5 Å². The van der Waals surface area contributed by atoms with Crippen molar-refractivity contribution >= 4 is 63.9 Å². The monoisotopic (exact) mass is 548 g/mol. The van der Waals surface area contributed by atoms with Gasteiger partial charge in [-0.15, -0.1) is 11.8 Å². The van der Waals surface area contributed by atoms with Gasteiger partial charge in [0.1, 0.15) is 5.25 Å². The van der Waals surface area contributed by atoms with E-state index in [0.717, 1.165) is 10.5 Å². The van der Waals surface area contributed by atoms with Crippen molar-refractivity contribution in [2.75, 3.05) is 10.6 Å². The van der Waals surface area contributed by atoms with E-state index in [1.807, 2.05) is 42.5 Å². The van der Waals surface area contributed by atoms with E-state index in [0.29, 0.717) is 27.5 Å². The normalized spacial score (nSPS) is 11.4. The summed E-state index contributed by atoms with van der Waals surface area (Å²) >= 11 is 13.4. The summed E-state index contributed by atoms with van der Waals surface area (Å²) in [5.41, 5.74) is 2.95. The van der Waals surface area contributed by atoms with Crippen LogP contribution in [-0.2, 0) is 4.79 Å². The zero-order valence-electron chi connectivity index (χ0n) is 19.7. The van der Waals surface area contributed by atoms with Gasteiger partial charge >= 0.3 is 0 Å². The lowest BCUT2D eigenvalue weighted by atomic mass is 10.1. The van der Waals surface area contributed by atoms with E-state index < -0.39 is 5.25 Å². The second kappa shape index (κ2) is 12.1. The molecule has 2 N–H and O–H groups in total. The van der Waals surface area contributed by atoms with Crippen molar-refractivity contribution in [3.05, 3.63) is 124 Å². The molecule has 4 rings (SSSR count). The first-order valence-corrected chi connectivity index (χ1v) is 12.9. The highest BCUT2D eigenvalue weighted by Crippen LogP contribution is 2.37. The molecule has 37 heavy (non-hydrogen) atoms. The predicted molar refractivity (Wildman–Crippen MR) is 151 cm³/mol. The summed E-state index contributed by atoms with van der Waals surface area (Å²) in [6, 6.07) is 28.2. The lowest BCUT2D eigenvalue weighted by molar-refractivity contribution is -0.115. The molecule has 4 aromatic carbocycles. The number of nitrogens with one attached hydrogen (secondary N) is 2. The number of thioether (sulfide) groups is 1. The average molecular weight is 549 g/mol. The van der Waals surface area contributed by atoms with Crippen molar-refractivity contribution in [3.8, 4) is 0 Å². The van der Waals surface area contributed by atoms with Crippen LogP contribution in [0.1, 0.15) is 38.5 Å². The summed E-state index contributed by atoms with van der Waals surface area (Å²) < 4.78 is 0. The Morgan fingerprint density at radius 1 is 0.757 bits per heavy atom. The van der Waals surface area contributed by atoms with Gasteiger partial charge in [0.15, 0.2) is 5.78 Å². The molecule has 0 spiro atoms. The molecule has 1 atom stereocenters. The van der Waals surface area contributed by atoms with E-state index in [1.165, 1.54) is 24.8 Å². The number of Topliss-reactive ketones (excluding diaryl/α,β-unsaturated/α-hetero) is 1. The van der Waals surface area contributed by atoms with Crippen molar-refractivity contribution in [2.45, 2.75) is 17.1 Å². The summed E-state index contributed by atoms with van der Waals surface area (Å²) in [4.78, 5) is 38.3. The summed E-state index contributed by atoms with van der Waals surface area (Å²) in [6.07, 6.45) is 0. The minimum absolute atomic E-state index is 0.0357. The Bertz CT molecular complexity index is 1430. The highest BCUT2D eigenvalue weighted by molar-refractivity contribution is 8.00. The number of hydrogen-bond acceptors (Lipinski definition) is 4. The quantitative estimate of drug-likeness (QED) is 0.173. The van der Waals surface area contributed by atoms with Crippen LogP contribution < -0.4 is 10.6 Å². The number of benzene rings is 4. The van der Waals surface area contributed by atoms with E-state index in [4.69, 9.17) is 23.2 Å². The van der Waals surface area contributed by atoms with Crippen molar-refractivity contribution in [1.82, 2.24) is 0 Å². The second-order valence-corrected chi connectivity index (χ2v) is 10.2. The first-order chi connectivity index (χ1) is 17.8. The zero-order valence-corrected chi connectivity index (χ0v) is 22.0. The Morgan fingerprint density at radius 3 is 2.00 bits per heavy atom. The topological polar surface area (TPSA) is 75.3 Å². The van der Waals surface area contributed by atoms with Crippen LogP contribution in [-0.4, -0.2) is 17.6 Å². The summed E-state index contributed by atoms with van der Waals surface area (Å²) in [5.74, 6) is -0.576. The van der Waals surface area contributed by atoms with Gasteiger partial charge in [0.05, 0.1) is 10.6 Å². The van der Waals surface area contributed by atoms with E-state index in [-0.39, 0.29) is 22.6 Å². The minimum atomic E-state index is -0.526. The molecule has 0 aromatic heterocycles. The highest BCUT2D eigenvalue weighted by atomic mass is 35.5. The molecule has 0 aliphatic heterocycles. The van der Waals surface area contributed by atoms with Crippen LogP contribution in [0.25, 0.3) is 0 Å². The maximum absolute atomic E-state index is 13.3. The van der Waals surface area contributed by atoms with E-state index in [2.05, 4.69) is 10.6 Å². The molecule has 0 fully saturated rings. The molecule has 0 saturated heterocycles. The van der Waals surface area contributed by atoms with Gasteiger partial charge in [0.25, 0.3) is 5.91 Å². The van der Waals surface area contributed by atoms with Crippen LogP contribution in [0.3, 0.4) is 0 Å². The lowest BCUT2D eigenvalue weighted by Crippen LogP contribution is -2.19. The van der Waals surface area contributed by atoms with E-state index >= 15 is 0 Å². The van der Waals surface area contributed by atoms with Gasteiger partial charge in [0, 0.05) is 26.9 Å². The summed E-state index contributed by atoms with van der Waals surface area (Å²) in [7, 11) is 0. The molecule has 186 valence electrons. The summed E-state index contributed by atoms with van der Waals surface area (Å²) in [5, 5.41) is 5.96. The van der Waals surface area contributed by atoms with Gasteiger partial charge in [-0.1, -0.05) is 53.5 Å². The van der Waals surface area contributed by atoms with Gasteiger partial charge < -0.3 is 10.6 Å². The molecule has 2 amide bonds. The number of ketones is 1. The molecule has 5 nitrogen and oxygen atoms in total. The Labute approximate surface area is 229 Å². The molecule has 1 unspecified atom stereocenters. The fraction of sp³-hybridized carbons (Fsp3) is 0.0690. The number of rotatable bonds is 8. The Morgan fingerprint density at radius 2 is 1.38 bits per heavy atom. The number of halogens is 2. The largest absolute Gasteiger partial charge is 0.325 e. The van der Waals surface area contributed by atoms with Crippen molar-refractivity contribution in [3.63, 3.8) is 0 Å². The fourth-order valence-electron chi connectivity index (χ4n) is 3.52. The Hall–Kier alpha value is -3.58. The molecular formula is C29H22Cl2N2O3S. The summed E-state index contributed by atoms with van der Waals surface area (Å²) in [6.45, 7) is 1.50. The van der Waals surface area contributed by atoms with Crippen molar-refractivity contribution < 1.29 is 14.4 Å². The highest BCUT2D eigenvalue weighted by Gasteiger charge is 2.22. The maximum atomic E-state index is 13.3. The number of hydrogen-bond donors (Lipinski definition) is 2.